The first-order valence-electron chi connectivity index (χ1n) is 7.56. The molecule has 0 fully saturated rings. The van der Waals surface area contributed by atoms with Crippen LogP contribution in [0.2, 0.25) is 0 Å². The Hall–Kier alpha value is -3.01. The van der Waals surface area contributed by atoms with E-state index in [4.69, 9.17) is 13.9 Å². The average molecular weight is 322 g/mol. The quantitative estimate of drug-likeness (QED) is 0.652. The summed E-state index contributed by atoms with van der Waals surface area (Å²) in [5.41, 5.74) is 2.47. The minimum atomic E-state index is -0.104. The molecule has 0 aliphatic carbocycles. The molecule has 3 aromatic rings. The number of ether oxygens (including phenoxy) is 2. The van der Waals surface area contributed by atoms with Crippen LogP contribution in [-0.2, 0) is 0 Å². The van der Waals surface area contributed by atoms with E-state index in [0.717, 1.165) is 5.57 Å². The number of fused-ring (bicyclic) bond motifs is 1. The Morgan fingerprint density at radius 2 is 1.96 bits per heavy atom. The average Bonchev–Trinajstić information content (AvgIpc) is 2.60. The smallest absolute Gasteiger partial charge is 0.200 e. The van der Waals surface area contributed by atoms with Crippen LogP contribution in [0.5, 0.6) is 11.5 Å². The van der Waals surface area contributed by atoms with E-state index in [1.165, 1.54) is 6.26 Å². The molecule has 4 nitrogen and oxygen atoms in total. The van der Waals surface area contributed by atoms with Crippen molar-refractivity contribution in [2.24, 2.45) is 0 Å². The number of para-hydroxylation sites is 1. The molecule has 0 saturated heterocycles. The third-order valence-electron chi connectivity index (χ3n) is 3.63. The maximum absolute atomic E-state index is 12.8. The van der Waals surface area contributed by atoms with E-state index in [1.54, 1.807) is 25.3 Å². The number of rotatable bonds is 5. The van der Waals surface area contributed by atoms with Gasteiger partial charge in [-0.2, -0.15) is 0 Å². The standard InChI is InChI=1S/C20H18O4/c1-13(2)11-23-14-8-9-16-19(10-14)24-12-17(20(16)21)15-6-4-5-7-18(15)22-3/h4-10,12H,1,11H2,2-3H3. The predicted octanol–water partition coefficient (Wildman–Crippen LogP) is 4.42. The van der Waals surface area contributed by atoms with Gasteiger partial charge in [0.1, 0.15) is 30.0 Å². The van der Waals surface area contributed by atoms with Gasteiger partial charge in [-0.05, 0) is 30.7 Å². The Morgan fingerprint density at radius 1 is 1.17 bits per heavy atom. The van der Waals surface area contributed by atoms with Crippen LogP contribution < -0.4 is 14.9 Å². The van der Waals surface area contributed by atoms with Crippen molar-refractivity contribution in [1.82, 2.24) is 0 Å². The van der Waals surface area contributed by atoms with Gasteiger partial charge in [0, 0.05) is 11.6 Å². The molecule has 0 aliphatic heterocycles. The van der Waals surface area contributed by atoms with Gasteiger partial charge in [-0.1, -0.05) is 24.8 Å². The normalized spacial score (nSPS) is 10.6. The molecule has 0 amide bonds. The van der Waals surface area contributed by atoms with E-state index in [1.807, 2.05) is 31.2 Å². The predicted molar refractivity (Wildman–Crippen MR) is 94.8 cm³/mol. The molecule has 0 aliphatic rings. The Kier molecular flexibility index (Phi) is 4.38. The van der Waals surface area contributed by atoms with Crippen molar-refractivity contribution in [1.29, 1.82) is 0 Å². The lowest BCUT2D eigenvalue weighted by Crippen LogP contribution is -2.06. The zero-order chi connectivity index (χ0) is 17.1. The molecule has 24 heavy (non-hydrogen) atoms. The third-order valence-corrected chi connectivity index (χ3v) is 3.63. The maximum Gasteiger partial charge on any atom is 0.200 e. The number of benzene rings is 2. The Labute approximate surface area is 139 Å². The van der Waals surface area contributed by atoms with Crippen molar-refractivity contribution < 1.29 is 13.9 Å². The second-order valence-electron chi connectivity index (χ2n) is 5.58. The highest BCUT2D eigenvalue weighted by molar-refractivity contribution is 5.83. The van der Waals surface area contributed by atoms with Gasteiger partial charge in [0.05, 0.1) is 18.1 Å². The van der Waals surface area contributed by atoms with Gasteiger partial charge in [0.2, 0.25) is 5.43 Å². The van der Waals surface area contributed by atoms with Crippen molar-refractivity contribution >= 4 is 11.0 Å². The minimum Gasteiger partial charge on any atom is -0.496 e. The molecule has 2 aromatic carbocycles. The molecule has 0 radical (unpaired) electrons. The summed E-state index contributed by atoms with van der Waals surface area (Å²) in [7, 11) is 1.58. The van der Waals surface area contributed by atoms with Gasteiger partial charge in [0.25, 0.3) is 0 Å². The van der Waals surface area contributed by atoms with Crippen LogP contribution in [0.3, 0.4) is 0 Å². The summed E-state index contributed by atoms with van der Waals surface area (Å²) in [6, 6.07) is 12.6. The zero-order valence-electron chi connectivity index (χ0n) is 13.7. The molecular weight excluding hydrogens is 304 g/mol. The van der Waals surface area contributed by atoms with E-state index in [9.17, 15) is 4.79 Å². The molecular formula is C20H18O4. The first kappa shape index (κ1) is 15.9. The van der Waals surface area contributed by atoms with E-state index in [2.05, 4.69) is 6.58 Å². The van der Waals surface area contributed by atoms with Gasteiger partial charge in [-0.25, -0.2) is 0 Å². The molecule has 0 bridgehead atoms. The van der Waals surface area contributed by atoms with Crippen LogP contribution in [0.4, 0.5) is 0 Å². The Morgan fingerprint density at radius 3 is 2.71 bits per heavy atom. The van der Waals surface area contributed by atoms with E-state index >= 15 is 0 Å². The van der Waals surface area contributed by atoms with Gasteiger partial charge < -0.3 is 13.9 Å². The van der Waals surface area contributed by atoms with Gasteiger partial charge >= 0.3 is 0 Å². The van der Waals surface area contributed by atoms with Crippen molar-refractivity contribution in [2.75, 3.05) is 13.7 Å². The lowest BCUT2D eigenvalue weighted by molar-refractivity contribution is 0.352. The van der Waals surface area contributed by atoms with Crippen LogP contribution >= 0.6 is 0 Å². The number of hydrogen-bond donors (Lipinski definition) is 0. The molecule has 4 heteroatoms. The first-order valence-corrected chi connectivity index (χ1v) is 7.56. The van der Waals surface area contributed by atoms with Crippen LogP contribution in [0.25, 0.3) is 22.1 Å². The second kappa shape index (κ2) is 6.62. The lowest BCUT2D eigenvalue weighted by Gasteiger charge is -2.09. The summed E-state index contributed by atoms with van der Waals surface area (Å²) in [5.74, 6) is 1.27. The fourth-order valence-electron chi connectivity index (χ4n) is 2.46. The fraction of sp³-hybridized carbons (Fsp3) is 0.150. The van der Waals surface area contributed by atoms with Crippen LogP contribution in [0.1, 0.15) is 6.92 Å². The lowest BCUT2D eigenvalue weighted by atomic mass is 10.0. The highest BCUT2D eigenvalue weighted by atomic mass is 16.5. The molecule has 0 N–H and O–H groups in total. The summed E-state index contributed by atoms with van der Waals surface area (Å²) in [5, 5.41) is 0.501. The third kappa shape index (κ3) is 3.04. The molecule has 0 atom stereocenters. The SMILES string of the molecule is C=C(C)COc1ccc2c(=O)c(-c3ccccc3OC)coc2c1. The Bertz CT molecular complexity index is 953. The molecule has 0 saturated carbocycles. The van der Waals surface area contributed by atoms with Crippen LogP contribution in [-0.4, -0.2) is 13.7 Å². The van der Waals surface area contributed by atoms with Crippen molar-refractivity contribution in [3.8, 4) is 22.6 Å². The van der Waals surface area contributed by atoms with Crippen molar-refractivity contribution in [3.63, 3.8) is 0 Å². The summed E-state index contributed by atoms with van der Waals surface area (Å²) in [6.45, 7) is 6.11. The van der Waals surface area contributed by atoms with E-state index in [-0.39, 0.29) is 5.43 Å². The van der Waals surface area contributed by atoms with Crippen LogP contribution in [0.15, 0.2) is 70.1 Å². The minimum absolute atomic E-state index is 0.104. The summed E-state index contributed by atoms with van der Waals surface area (Å²) in [4.78, 5) is 12.8. The highest BCUT2D eigenvalue weighted by Gasteiger charge is 2.13. The highest BCUT2D eigenvalue weighted by Crippen LogP contribution is 2.29. The molecule has 3 rings (SSSR count). The molecule has 1 aromatic heterocycles. The topological polar surface area (TPSA) is 48.7 Å². The molecule has 0 spiro atoms. The van der Waals surface area contributed by atoms with E-state index in [0.29, 0.717) is 40.2 Å². The first-order chi connectivity index (χ1) is 11.6. The summed E-state index contributed by atoms with van der Waals surface area (Å²) in [6.07, 6.45) is 1.46. The Balaban J connectivity index is 2.07. The van der Waals surface area contributed by atoms with Gasteiger partial charge in [0.15, 0.2) is 0 Å². The van der Waals surface area contributed by atoms with Crippen molar-refractivity contribution in [3.05, 3.63) is 71.1 Å². The van der Waals surface area contributed by atoms with Gasteiger partial charge in [-0.3, -0.25) is 4.79 Å². The molecule has 0 unspecified atom stereocenters. The molecule has 122 valence electrons. The fourth-order valence-corrected chi connectivity index (χ4v) is 2.46. The van der Waals surface area contributed by atoms with Crippen LogP contribution in [0, 0.1) is 0 Å². The monoisotopic (exact) mass is 322 g/mol. The summed E-state index contributed by atoms with van der Waals surface area (Å²) < 4.78 is 16.6. The number of hydrogen-bond acceptors (Lipinski definition) is 4. The molecule has 1 heterocycles. The summed E-state index contributed by atoms with van der Waals surface area (Å²) >= 11 is 0. The van der Waals surface area contributed by atoms with Crippen molar-refractivity contribution in [2.45, 2.75) is 6.92 Å². The largest absolute Gasteiger partial charge is 0.496 e. The second-order valence-corrected chi connectivity index (χ2v) is 5.58. The maximum atomic E-state index is 12.8. The number of methoxy groups -OCH3 is 1. The van der Waals surface area contributed by atoms with E-state index < -0.39 is 0 Å². The van der Waals surface area contributed by atoms with Gasteiger partial charge in [-0.15, -0.1) is 0 Å². The zero-order valence-corrected chi connectivity index (χ0v) is 13.7.